The molecule has 0 aliphatic carbocycles. The Kier molecular flexibility index (Phi) is 7.24. The Morgan fingerprint density at radius 2 is 1.87 bits per heavy atom. The molecule has 31 heavy (non-hydrogen) atoms. The van der Waals surface area contributed by atoms with Gasteiger partial charge in [0, 0.05) is 30.7 Å². The van der Waals surface area contributed by atoms with Crippen LogP contribution in [0, 0.1) is 0 Å². The van der Waals surface area contributed by atoms with E-state index in [-0.39, 0.29) is 11.8 Å². The average Bonchev–Trinajstić information content (AvgIpc) is 3.09. The Bertz CT molecular complexity index is 1040. The minimum absolute atomic E-state index is 0.295. The summed E-state index contributed by atoms with van der Waals surface area (Å²) in [6, 6.07) is 10.6. The van der Waals surface area contributed by atoms with Crippen molar-refractivity contribution in [1.82, 2.24) is 15.2 Å². The molecule has 0 saturated heterocycles. The normalized spacial score (nSPS) is 11.7. The maximum absolute atomic E-state index is 12.9. The molecule has 166 valence electrons. The number of halogens is 4. The second-order valence-corrected chi connectivity index (χ2v) is 8.36. The summed E-state index contributed by atoms with van der Waals surface area (Å²) in [5.74, 6) is -0.331. The molecule has 1 aromatic heterocycles. The predicted molar refractivity (Wildman–Crippen MR) is 116 cm³/mol. The molecule has 0 aliphatic heterocycles. The number of rotatable bonds is 7. The van der Waals surface area contributed by atoms with E-state index >= 15 is 0 Å². The monoisotopic (exact) mass is 472 g/mol. The van der Waals surface area contributed by atoms with E-state index in [1.165, 1.54) is 23.1 Å². The van der Waals surface area contributed by atoms with Crippen molar-refractivity contribution in [3.8, 4) is 5.75 Å². The van der Waals surface area contributed by atoms with Crippen molar-refractivity contribution in [3.05, 3.63) is 53.1 Å². The predicted octanol–water partition coefficient (Wildman–Crippen LogP) is 5.13. The van der Waals surface area contributed by atoms with Gasteiger partial charge in [-0.25, -0.2) is 9.78 Å². The second kappa shape index (κ2) is 9.71. The summed E-state index contributed by atoms with van der Waals surface area (Å²) < 4.78 is 41.9. The number of hydrogen-bond donors (Lipinski definition) is 1. The fraction of sp³-hybridized carbons (Fsp3) is 0.300. The van der Waals surface area contributed by atoms with Crippen LogP contribution in [0.25, 0.3) is 10.2 Å². The molecular weight excluding hydrogens is 453 g/mol. The number of benzene rings is 2. The smallest absolute Gasteiger partial charge is 0.406 e. The van der Waals surface area contributed by atoms with Crippen molar-refractivity contribution < 1.29 is 22.7 Å². The van der Waals surface area contributed by atoms with Crippen LogP contribution in [0.5, 0.6) is 5.75 Å². The lowest BCUT2D eigenvalue weighted by Gasteiger charge is -2.22. The number of anilines is 1. The SMILES string of the molecule is CN(C)CCN(C(=O)NCc1ccc(Cl)cc1)c1nc2ccc(OC(F)(F)F)cc2s1. The maximum atomic E-state index is 12.9. The molecule has 0 aliphatic rings. The van der Waals surface area contributed by atoms with E-state index in [9.17, 15) is 18.0 Å². The molecule has 3 rings (SSSR count). The molecule has 0 saturated carbocycles. The number of nitrogens with one attached hydrogen (secondary N) is 1. The molecule has 3 aromatic rings. The van der Waals surface area contributed by atoms with Crippen molar-refractivity contribution in [1.29, 1.82) is 0 Å². The molecule has 2 aromatic carbocycles. The average molecular weight is 473 g/mol. The van der Waals surface area contributed by atoms with Crippen LogP contribution in [-0.2, 0) is 6.54 Å². The van der Waals surface area contributed by atoms with Crippen LogP contribution < -0.4 is 15.0 Å². The zero-order chi connectivity index (χ0) is 22.6. The number of ether oxygens (including phenoxy) is 1. The number of alkyl halides is 3. The third kappa shape index (κ3) is 6.71. The van der Waals surface area contributed by atoms with Crippen LogP contribution in [-0.4, -0.2) is 49.5 Å². The molecule has 1 N–H and O–H groups in total. The molecule has 0 bridgehead atoms. The molecule has 6 nitrogen and oxygen atoms in total. The van der Waals surface area contributed by atoms with Crippen LogP contribution in [0.15, 0.2) is 42.5 Å². The van der Waals surface area contributed by atoms with Crippen LogP contribution in [0.4, 0.5) is 23.1 Å². The van der Waals surface area contributed by atoms with E-state index in [0.717, 1.165) is 16.9 Å². The number of urea groups is 1. The number of aromatic nitrogens is 1. The summed E-state index contributed by atoms with van der Waals surface area (Å²) in [5, 5.41) is 3.83. The van der Waals surface area contributed by atoms with E-state index < -0.39 is 6.36 Å². The number of likely N-dealkylation sites (N-methyl/N-ethyl adjacent to an activating group) is 1. The summed E-state index contributed by atoms with van der Waals surface area (Å²) in [7, 11) is 3.76. The third-order valence-corrected chi connectivity index (χ3v) is 5.48. The van der Waals surface area contributed by atoms with E-state index in [4.69, 9.17) is 11.6 Å². The van der Waals surface area contributed by atoms with Gasteiger partial charge < -0.3 is 15.0 Å². The molecule has 2 amide bonds. The maximum Gasteiger partial charge on any atom is 0.573 e. The first-order valence-corrected chi connectivity index (χ1v) is 10.4. The lowest BCUT2D eigenvalue weighted by atomic mass is 10.2. The summed E-state index contributed by atoms with van der Waals surface area (Å²) in [6.45, 7) is 1.22. The summed E-state index contributed by atoms with van der Waals surface area (Å²) in [4.78, 5) is 20.7. The number of thiazole rings is 1. The first kappa shape index (κ1) is 23.1. The third-order valence-electron chi connectivity index (χ3n) is 4.19. The molecule has 1 heterocycles. The van der Waals surface area contributed by atoms with Crippen molar-refractivity contribution in [2.24, 2.45) is 0 Å². The number of carbonyl (C=O) groups is 1. The van der Waals surface area contributed by atoms with E-state index in [2.05, 4.69) is 15.0 Å². The molecule has 11 heteroatoms. The number of hydrogen-bond acceptors (Lipinski definition) is 5. The zero-order valence-electron chi connectivity index (χ0n) is 16.7. The quantitative estimate of drug-likeness (QED) is 0.518. The summed E-state index contributed by atoms with van der Waals surface area (Å²) in [5.41, 5.74) is 1.36. The molecular formula is C20H20ClF3N4O2S. The van der Waals surface area contributed by atoms with E-state index in [1.54, 1.807) is 12.1 Å². The Hall–Kier alpha value is -2.56. The van der Waals surface area contributed by atoms with Crippen LogP contribution >= 0.6 is 22.9 Å². The fourth-order valence-electron chi connectivity index (χ4n) is 2.66. The van der Waals surface area contributed by atoms with Gasteiger partial charge in [-0.3, -0.25) is 4.90 Å². The van der Waals surface area contributed by atoms with Crippen molar-refractivity contribution in [2.45, 2.75) is 12.9 Å². The van der Waals surface area contributed by atoms with Gasteiger partial charge in [0.15, 0.2) is 5.13 Å². The van der Waals surface area contributed by atoms with Gasteiger partial charge in [0.2, 0.25) is 0 Å². The molecule has 0 unspecified atom stereocenters. The number of fused-ring (bicyclic) bond motifs is 1. The fourth-order valence-corrected chi connectivity index (χ4v) is 3.81. The Balaban J connectivity index is 1.80. The highest BCUT2D eigenvalue weighted by Crippen LogP contribution is 2.33. The van der Waals surface area contributed by atoms with Gasteiger partial charge in [-0.05, 0) is 43.9 Å². The van der Waals surface area contributed by atoms with Crippen LogP contribution in [0.2, 0.25) is 5.02 Å². The minimum Gasteiger partial charge on any atom is -0.406 e. The van der Waals surface area contributed by atoms with Gasteiger partial charge in [-0.15, -0.1) is 13.2 Å². The lowest BCUT2D eigenvalue weighted by molar-refractivity contribution is -0.274. The van der Waals surface area contributed by atoms with Gasteiger partial charge in [0.25, 0.3) is 0 Å². The van der Waals surface area contributed by atoms with Crippen molar-refractivity contribution in [2.75, 3.05) is 32.1 Å². The lowest BCUT2D eigenvalue weighted by Crippen LogP contribution is -2.43. The first-order chi connectivity index (χ1) is 14.6. The van der Waals surface area contributed by atoms with Gasteiger partial charge in [0.1, 0.15) is 5.75 Å². The first-order valence-electron chi connectivity index (χ1n) is 9.21. The standard InChI is InChI=1S/C20H20ClF3N4O2S/c1-27(2)9-10-28(18(29)25-12-13-3-5-14(21)6-4-13)19-26-16-8-7-15(11-17(16)31-19)30-20(22,23)24/h3-8,11H,9-10,12H2,1-2H3,(H,25,29). The number of carbonyl (C=O) groups excluding carboxylic acids is 1. The van der Waals surface area contributed by atoms with Gasteiger partial charge >= 0.3 is 12.4 Å². The van der Waals surface area contributed by atoms with Gasteiger partial charge in [0.05, 0.1) is 10.2 Å². The van der Waals surface area contributed by atoms with Crippen LogP contribution in [0.3, 0.4) is 0 Å². The minimum atomic E-state index is -4.78. The zero-order valence-corrected chi connectivity index (χ0v) is 18.3. The highest BCUT2D eigenvalue weighted by atomic mass is 35.5. The van der Waals surface area contributed by atoms with E-state index in [1.807, 2.05) is 31.1 Å². The molecule has 0 fully saturated rings. The Labute approximate surface area is 186 Å². The van der Waals surface area contributed by atoms with Crippen molar-refractivity contribution in [3.63, 3.8) is 0 Å². The van der Waals surface area contributed by atoms with E-state index in [0.29, 0.717) is 40.0 Å². The van der Waals surface area contributed by atoms with Gasteiger partial charge in [-0.2, -0.15) is 0 Å². The number of amides is 2. The highest BCUT2D eigenvalue weighted by Gasteiger charge is 2.31. The summed E-state index contributed by atoms with van der Waals surface area (Å²) >= 11 is 7.00. The summed E-state index contributed by atoms with van der Waals surface area (Å²) in [6.07, 6.45) is -4.78. The van der Waals surface area contributed by atoms with Gasteiger partial charge in [-0.1, -0.05) is 35.1 Å². The van der Waals surface area contributed by atoms with Crippen LogP contribution in [0.1, 0.15) is 5.56 Å². The highest BCUT2D eigenvalue weighted by molar-refractivity contribution is 7.22. The second-order valence-electron chi connectivity index (χ2n) is 6.91. The molecule has 0 spiro atoms. The number of nitrogens with zero attached hydrogens (tertiary/aromatic N) is 3. The van der Waals surface area contributed by atoms with Crippen molar-refractivity contribution >= 4 is 44.3 Å². The molecule has 0 radical (unpaired) electrons. The Morgan fingerprint density at radius 1 is 1.16 bits per heavy atom. The Morgan fingerprint density at radius 3 is 2.52 bits per heavy atom. The topological polar surface area (TPSA) is 57.7 Å². The largest absolute Gasteiger partial charge is 0.573 e. The molecule has 0 atom stereocenters.